The van der Waals surface area contributed by atoms with Crippen LogP contribution in [0, 0.1) is 0 Å². The van der Waals surface area contributed by atoms with Gasteiger partial charge in [-0.15, -0.1) is 11.6 Å². The number of rotatable bonds is 5. The summed E-state index contributed by atoms with van der Waals surface area (Å²) in [5.41, 5.74) is 0. The number of sulfonamides is 1. The predicted octanol–water partition coefficient (Wildman–Crippen LogP) is -1.23. The summed E-state index contributed by atoms with van der Waals surface area (Å²) >= 11 is 5.44. The standard InChI is InChI=1S/C7H16ClN3O4S2/c8-2-1-7-16(12,13)10-3-5-11(6-4-10)17(9,14)15/h1-7H2,(H2,9,14,15). The van der Waals surface area contributed by atoms with Gasteiger partial charge in [-0.1, -0.05) is 0 Å². The fourth-order valence-corrected chi connectivity index (χ4v) is 4.02. The summed E-state index contributed by atoms with van der Waals surface area (Å²) in [5.74, 6) is 0.280. The summed E-state index contributed by atoms with van der Waals surface area (Å²) in [7, 11) is -7.05. The zero-order valence-electron chi connectivity index (χ0n) is 9.25. The molecule has 0 atom stereocenters. The third-order valence-electron chi connectivity index (χ3n) is 2.49. The molecule has 7 nitrogen and oxygen atoms in total. The fourth-order valence-electron chi connectivity index (χ4n) is 1.57. The van der Waals surface area contributed by atoms with Crippen LogP contribution < -0.4 is 5.14 Å². The zero-order chi connectivity index (χ0) is 13.1. The molecule has 2 N–H and O–H groups in total. The summed E-state index contributed by atoms with van der Waals surface area (Å²) < 4.78 is 48.0. The number of nitrogens with two attached hydrogens (primary N) is 1. The van der Waals surface area contributed by atoms with Gasteiger partial charge in [0.2, 0.25) is 10.0 Å². The summed E-state index contributed by atoms with van der Waals surface area (Å²) in [5, 5.41) is 4.96. The van der Waals surface area contributed by atoms with Crippen molar-refractivity contribution in [1.29, 1.82) is 0 Å². The Morgan fingerprint density at radius 2 is 1.47 bits per heavy atom. The Morgan fingerprint density at radius 1 is 1.00 bits per heavy atom. The molecule has 1 saturated heterocycles. The van der Waals surface area contributed by atoms with Gasteiger partial charge in [-0.25, -0.2) is 13.6 Å². The highest BCUT2D eigenvalue weighted by atomic mass is 35.5. The van der Waals surface area contributed by atoms with E-state index in [-0.39, 0.29) is 37.8 Å². The summed E-state index contributed by atoms with van der Waals surface area (Å²) in [6.07, 6.45) is 0.388. The molecule has 1 fully saturated rings. The second-order valence-electron chi connectivity index (χ2n) is 3.70. The van der Waals surface area contributed by atoms with Crippen LogP contribution in [0.2, 0.25) is 0 Å². The van der Waals surface area contributed by atoms with E-state index in [0.717, 1.165) is 4.31 Å². The van der Waals surface area contributed by atoms with Crippen LogP contribution in [0.3, 0.4) is 0 Å². The first-order valence-electron chi connectivity index (χ1n) is 5.09. The van der Waals surface area contributed by atoms with Crippen molar-refractivity contribution in [3.63, 3.8) is 0 Å². The molecule has 0 unspecified atom stereocenters. The summed E-state index contributed by atoms with van der Waals surface area (Å²) in [6.45, 7) is 0.472. The van der Waals surface area contributed by atoms with E-state index >= 15 is 0 Å². The van der Waals surface area contributed by atoms with E-state index in [1.807, 2.05) is 0 Å². The van der Waals surface area contributed by atoms with Crippen molar-refractivity contribution in [3.8, 4) is 0 Å². The molecule has 10 heteroatoms. The number of alkyl halides is 1. The first-order valence-corrected chi connectivity index (χ1v) is 8.74. The van der Waals surface area contributed by atoms with Crippen LogP contribution in [0.4, 0.5) is 0 Å². The second-order valence-corrected chi connectivity index (χ2v) is 7.71. The van der Waals surface area contributed by atoms with Crippen molar-refractivity contribution in [2.45, 2.75) is 6.42 Å². The van der Waals surface area contributed by atoms with E-state index < -0.39 is 20.2 Å². The van der Waals surface area contributed by atoms with Gasteiger partial charge < -0.3 is 0 Å². The molecule has 0 aromatic rings. The van der Waals surface area contributed by atoms with E-state index in [4.69, 9.17) is 16.7 Å². The highest BCUT2D eigenvalue weighted by Gasteiger charge is 2.29. The Morgan fingerprint density at radius 3 is 1.88 bits per heavy atom. The zero-order valence-corrected chi connectivity index (χ0v) is 11.6. The summed E-state index contributed by atoms with van der Waals surface area (Å²) in [6, 6.07) is 0. The topological polar surface area (TPSA) is 101 Å². The number of hydrogen-bond donors (Lipinski definition) is 1. The van der Waals surface area contributed by atoms with Gasteiger partial charge in [0.15, 0.2) is 0 Å². The van der Waals surface area contributed by atoms with E-state index in [1.54, 1.807) is 0 Å². The number of nitrogens with zero attached hydrogens (tertiary/aromatic N) is 2. The Hall–Kier alpha value is 0.0700. The van der Waals surface area contributed by atoms with Crippen LogP contribution in [0.1, 0.15) is 6.42 Å². The second kappa shape index (κ2) is 5.81. The Kier molecular flexibility index (Phi) is 5.17. The predicted molar refractivity (Wildman–Crippen MR) is 65.4 cm³/mol. The minimum atomic E-state index is -3.72. The number of halogens is 1. The quantitative estimate of drug-likeness (QED) is 0.642. The maximum atomic E-state index is 11.8. The van der Waals surface area contributed by atoms with Gasteiger partial charge in [-0.3, -0.25) is 0 Å². The molecule has 1 rings (SSSR count). The molecule has 0 bridgehead atoms. The van der Waals surface area contributed by atoms with Gasteiger partial charge in [0.1, 0.15) is 0 Å². The molecule has 1 heterocycles. The van der Waals surface area contributed by atoms with Crippen LogP contribution in [0.15, 0.2) is 0 Å². The smallest absolute Gasteiger partial charge is 0.216 e. The highest BCUT2D eigenvalue weighted by Crippen LogP contribution is 2.10. The van der Waals surface area contributed by atoms with Gasteiger partial charge in [0.05, 0.1) is 5.75 Å². The van der Waals surface area contributed by atoms with Crippen LogP contribution in [0.5, 0.6) is 0 Å². The Labute approximate surface area is 107 Å². The molecule has 102 valence electrons. The van der Waals surface area contributed by atoms with Crippen molar-refractivity contribution in [3.05, 3.63) is 0 Å². The van der Waals surface area contributed by atoms with Crippen molar-refractivity contribution in [2.24, 2.45) is 5.14 Å². The number of piperazine rings is 1. The van der Waals surface area contributed by atoms with Gasteiger partial charge in [0.25, 0.3) is 10.2 Å². The molecular formula is C7H16ClN3O4S2. The fraction of sp³-hybridized carbons (Fsp3) is 1.00. The van der Waals surface area contributed by atoms with Gasteiger partial charge in [-0.05, 0) is 6.42 Å². The molecular weight excluding hydrogens is 290 g/mol. The highest BCUT2D eigenvalue weighted by molar-refractivity contribution is 7.89. The van der Waals surface area contributed by atoms with E-state index in [0.29, 0.717) is 6.42 Å². The van der Waals surface area contributed by atoms with Crippen molar-refractivity contribution >= 4 is 31.8 Å². The lowest BCUT2D eigenvalue weighted by Gasteiger charge is -2.32. The molecule has 17 heavy (non-hydrogen) atoms. The Balaban J connectivity index is 2.58. The van der Waals surface area contributed by atoms with E-state index in [9.17, 15) is 16.8 Å². The maximum absolute atomic E-state index is 11.8. The van der Waals surface area contributed by atoms with Gasteiger partial charge in [0, 0.05) is 32.1 Å². The lowest BCUT2D eigenvalue weighted by Crippen LogP contribution is -2.52. The van der Waals surface area contributed by atoms with Gasteiger partial charge >= 0.3 is 0 Å². The summed E-state index contributed by atoms with van der Waals surface area (Å²) in [4.78, 5) is 0. The molecule has 0 aromatic heterocycles. The monoisotopic (exact) mass is 305 g/mol. The normalized spacial score (nSPS) is 20.6. The lowest BCUT2D eigenvalue weighted by atomic mass is 10.4. The molecule has 0 aromatic carbocycles. The third-order valence-corrected chi connectivity index (χ3v) is 5.80. The minimum absolute atomic E-state index is 0.00806. The first kappa shape index (κ1) is 15.1. The number of hydrogen-bond acceptors (Lipinski definition) is 4. The average Bonchev–Trinajstić information content (AvgIpc) is 2.25. The van der Waals surface area contributed by atoms with Crippen LogP contribution in [-0.4, -0.2) is 63.3 Å². The minimum Gasteiger partial charge on any atom is -0.216 e. The van der Waals surface area contributed by atoms with Crippen molar-refractivity contribution < 1.29 is 16.8 Å². The largest absolute Gasteiger partial charge is 0.276 e. The maximum Gasteiger partial charge on any atom is 0.276 e. The van der Waals surface area contributed by atoms with Crippen LogP contribution in [-0.2, 0) is 20.2 Å². The first-order chi connectivity index (χ1) is 7.77. The van der Waals surface area contributed by atoms with Crippen molar-refractivity contribution in [2.75, 3.05) is 37.8 Å². The van der Waals surface area contributed by atoms with Crippen molar-refractivity contribution in [1.82, 2.24) is 8.61 Å². The molecule has 0 radical (unpaired) electrons. The SMILES string of the molecule is NS(=O)(=O)N1CCN(S(=O)(=O)CCCCl)CC1. The molecule has 0 aliphatic carbocycles. The Bertz CT molecular complexity index is 442. The molecule has 0 spiro atoms. The lowest BCUT2D eigenvalue weighted by molar-refractivity contribution is 0.273. The molecule has 0 amide bonds. The van der Waals surface area contributed by atoms with Crippen LogP contribution >= 0.6 is 11.6 Å². The van der Waals surface area contributed by atoms with Gasteiger partial charge in [-0.2, -0.15) is 17.0 Å². The average molecular weight is 306 g/mol. The molecule has 0 saturated carbocycles. The molecule has 1 aliphatic rings. The van der Waals surface area contributed by atoms with Crippen LogP contribution in [0.25, 0.3) is 0 Å². The van der Waals surface area contributed by atoms with E-state index in [1.165, 1.54) is 4.31 Å². The van der Waals surface area contributed by atoms with E-state index in [2.05, 4.69) is 0 Å². The molecule has 1 aliphatic heterocycles. The third kappa shape index (κ3) is 4.34.